The van der Waals surface area contributed by atoms with Gasteiger partial charge in [-0.2, -0.15) is 0 Å². The molecule has 1 saturated carbocycles. The lowest BCUT2D eigenvalue weighted by molar-refractivity contribution is 0.342. The van der Waals surface area contributed by atoms with Gasteiger partial charge in [-0.05, 0) is 25.3 Å². The molecule has 4 N–H and O–H groups in total. The molecular weight excluding hydrogens is 174 g/mol. The average Bonchev–Trinajstić information content (AvgIpc) is 2.25. The molecule has 0 amide bonds. The fraction of sp³-hybridized carbons (Fsp3) is 1.00. The van der Waals surface area contributed by atoms with Crippen LogP contribution in [0.3, 0.4) is 0 Å². The van der Waals surface area contributed by atoms with Crippen molar-refractivity contribution in [3.05, 3.63) is 0 Å². The SMILES string of the molecule is NCCNCCNCC1CCCCC1. The standard InChI is InChI=1S/C11H25N3/c12-6-7-13-8-9-14-10-11-4-2-1-3-5-11/h11,13-14H,1-10,12H2. The minimum Gasteiger partial charge on any atom is -0.329 e. The molecule has 1 fully saturated rings. The van der Waals surface area contributed by atoms with Crippen LogP contribution >= 0.6 is 0 Å². The van der Waals surface area contributed by atoms with Gasteiger partial charge in [-0.1, -0.05) is 19.3 Å². The second kappa shape index (κ2) is 8.21. The fourth-order valence-corrected chi connectivity index (χ4v) is 2.10. The summed E-state index contributed by atoms with van der Waals surface area (Å²) < 4.78 is 0. The molecule has 1 aliphatic rings. The highest BCUT2D eigenvalue weighted by atomic mass is 14.9. The molecule has 0 saturated heterocycles. The van der Waals surface area contributed by atoms with Gasteiger partial charge in [0.05, 0.1) is 0 Å². The first-order valence-corrected chi connectivity index (χ1v) is 6.05. The predicted octanol–water partition coefficient (Wildman–Crippen LogP) is 0.705. The summed E-state index contributed by atoms with van der Waals surface area (Å²) in [6.07, 6.45) is 7.20. The van der Waals surface area contributed by atoms with Crippen LogP contribution in [0.15, 0.2) is 0 Å². The van der Waals surface area contributed by atoms with E-state index in [2.05, 4.69) is 10.6 Å². The van der Waals surface area contributed by atoms with E-state index in [1.165, 1.54) is 38.6 Å². The van der Waals surface area contributed by atoms with Crippen LogP contribution in [0.1, 0.15) is 32.1 Å². The minimum absolute atomic E-state index is 0.739. The number of nitrogens with one attached hydrogen (secondary N) is 2. The van der Waals surface area contributed by atoms with Crippen LogP contribution in [0.5, 0.6) is 0 Å². The molecule has 3 nitrogen and oxygen atoms in total. The quantitative estimate of drug-likeness (QED) is 0.529. The Morgan fingerprint density at radius 2 is 1.64 bits per heavy atom. The van der Waals surface area contributed by atoms with Crippen molar-refractivity contribution in [2.75, 3.05) is 32.7 Å². The topological polar surface area (TPSA) is 50.1 Å². The Morgan fingerprint density at radius 3 is 2.36 bits per heavy atom. The van der Waals surface area contributed by atoms with Crippen LogP contribution in [0.25, 0.3) is 0 Å². The maximum atomic E-state index is 5.38. The summed E-state index contributed by atoms with van der Waals surface area (Å²) in [6.45, 7) is 5.01. The van der Waals surface area contributed by atoms with Gasteiger partial charge in [0, 0.05) is 26.2 Å². The van der Waals surface area contributed by atoms with E-state index in [-0.39, 0.29) is 0 Å². The maximum absolute atomic E-state index is 5.38. The van der Waals surface area contributed by atoms with Crippen molar-refractivity contribution >= 4 is 0 Å². The molecule has 1 rings (SSSR count). The van der Waals surface area contributed by atoms with E-state index < -0.39 is 0 Å². The van der Waals surface area contributed by atoms with Gasteiger partial charge in [-0.25, -0.2) is 0 Å². The number of rotatable bonds is 7. The molecule has 0 radical (unpaired) electrons. The molecule has 0 aromatic heterocycles. The lowest BCUT2D eigenvalue weighted by Crippen LogP contribution is -2.33. The zero-order valence-electron chi connectivity index (χ0n) is 9.23. The lowest BCUT2D eigenvalue weighted by atomic mass is 9.89. The third kappa shape index (κ3) is 5.58. The minimum atomic E-state index is 0.739. The smallest absolute Gasteiger partial charge is 0.00772 e. The van der Waals surface area contributed by atoms with Crippen LogP contribution < -0.4 is 16.4 Å². The second-order valence-electron chi connectivity index (χ2n) is 4.25. The molecule has 0 aliphatic heterocycles. The van der Waals surface area contributed by atoms with Gasteiger partial charge in [0.2, 0.25) is 0 Å². The summed E-state index contributed by atoms with van der Waals surface area (Å²) in [4.78, 5) is 0. The summed E-state index contributed by atoms with van der Waals surface area (Å²) in [6, 6.07) is 0. The number of nitrogens with two attached hydrogens (primary N) is 1. The molecule has 0 heterocycles. The molecule has 0 spiro atoms. The number of hydrogen-bond acceptors (Lipinski definition) is 3. The summed E-state index contributed by atoms with van der Waals surface area (Å²) in [7, 11) is 0. The molecule has 0 atom stereocenters. The van der Waals surface area contributed by atoms with Crippen molar-refractivity contribution < 1.29 is 0 Å². The first kappa shape index (κ1) is 12.0. The van der Waals surface area contributed by atoms with Crippen molar-refractivity contribution in [1.29, 1.82) is 0 Å². The normalized spacial score (nSPS) is 18.6. The van der Waals surface area contributed by atoms with Crippen molar-refractivity contribution in [3.63, 3.8) is 0 Å². The molecule has 0 aromatic carbocycles. The first-order valence-electron chi connectivity index (χ1n) is 6.05. The molecule has 0 unspecified atom stereocenters. The largest absolute Gasteiger partial charge is 0.329 e. The summed E-state index contributed by atoms with van der Waals surface area (Å²) in [5.74, 6) is 0.943. The fourth-order valence-electron chi connectivity index (χ4n) is 2.10. The number of hydrogen-bond donors (Lipinski definition) is 3. The van der Waals surface area contributed by atoms with E-state index in [0.717, 1.165) is 32.1 Å². The lowest BCUT2D eigenvalue weighted by Gasteiger charge is -2.21. The first-order chi connectivity index (χ1) is 6.93. The van der Waals surface area contributed by atoms with E-state index in [9.17, 15) is 0 Å². The highest BCUT2D eigenvalue weighted by molar-refractivity contribution is 4.68. The molecule has 1 aliphatic carbocycles. The Kier molecular flexibility index (Phi) is 7.01. The van der Waals surface area contributed by atoms with Gasteiger partial charge < -0.3 is 16.4 Å². The van der Waals surface area contributed by atoms with E-state index in [0.29, 0.717) is 0 Å². The monoisotopic (exact) mass is 199 g/mol. The zero-order chi connectivity index (χ0) is 10.1. The van der Waals surface area contributed by atoms with Crippen LogP contribution in [0.4, 0.5) is 0 Å². The highest BCUT2D eigenvalue weighted by Gasteiger charge is 2.11. The second-order valence-corrected chi connectivity index (χ2v) is 4.25. The zero-order valence-corrected chi connectivity index (χ0v) is 9.23. The maximum Gasteiger partial charge on any atom is 0.00772 e. The Balaban J connectivity index is 1.82. The Bertz CT molecular complexity index is 122. The molecule has 14 heavy (non-hydrogen) atoms. The third-order valence-corrected chi connectivity index (χ3v) is 2.96. The van der Waals surface area contributed by atoms with Gasteiger partial charge in [0.15, 0.2) is 0 Å². The van der Waals surface area contributed by atoms with Gasteiger partial charge in [0.1, 0.15) is 0 Å². The molecule has 84 valence electrons. The van der Waals surface area contributed by atoms with Crippen LogP contribution in [-0.2, 0) is 0 Å². The Morgan fingerprint density at radius 1 is 0.929 bits per heavy atom. The van der Waals surface area contributed by atoms with Gasteiger partial charge in [-0.3, -0.25) is 0 Å². The predicted molar refractivity (Wildman–Crippen MR) is 61.4 cm³/mol. The van der Waals surface area contributed by atoms with Crippen molar-refractivity contribution in [2.45, 2.75) is 32.1 Å². The van der Waals surface area contributed by atoms with Gasteiger partial charge in [0.25, 0.3) is 0 Å². The Labute approximate surface area is 87.8 Å². The highest BCUT2D eigenvalue weighted by Crippen LogP contribution is 2.22. The third-order valence-electron chi connectivity index (χ3n) is 2.96. The summed E-state index contributed by atoms with van der Waals surface area (Å²) in [5.41, 5.74) is 5.38. The molecular formula is C11H25N3. The van der Waals surface area contributed by atoms with Crippen LogP contribution in [-0.4, -0.2) is 32.7 Å². The molecule has 0 bridgehead atoms. The molecule has 0 aromatic rings. The van der Waals surface area contributed by atoms with Gasteiger partial charge in [-0.15, -0.1) is 0 Å². The van der Waals surface area contributed by atoms with E-state index >= 15 is 0 Å². The summed E-state index contributed by atoms with van der Waals surface area (Å²) in [5, 5.41) is 6.80. The molecule has 3 heteroatoms. The Hall–Kier alpha value is -0.120. The van der Waals surface area contributed by atoms with E-state index in [1.54, 1.807) is 0 Å². The van der Waals surface area contributed by atoms with Crippen LogP contribution in [0.2, 0.25) is 0 Å². The van der Waals surface area contributed by atoms with Gasteiger partial charge >= 0.3 is 0 Å². The summed E-state index contributed by atoms with van der Waals surface area (Å²) >= 11 is 0. The van der Waals surface area contributed by atoms with Crippen LogP contribution in [0, 0.1) is 5.92 Å². The van der Waals surface area contributed by atoms with E-state index in [1.807, 2.05) is 0 Å². The van der Waals surface area contributed by atoms with E-state index in [4.69, 9.17) is 5.73 Å². The van der Waals surface area contributed by atoms with Crippen molar-refractivity contribution in [1.82, 2.24) is 10.6 Å². The van der Waals surface area contributed by atoms with Crippen molar-refractivity contribution in [2.24, 2.45) is 11.7 Å². The van der Waals surface area contributed by atoms with Crippen molar-refractivity contribution in [3.8, 4) is 0 Å². The average molecular weight is 199 g/mol.